The zero-order valence-corrected chi connectivity index (χ0v) is 11.9. The van der Waals surface area contributed by atoms with Gasteiger partial charge >= 0.3 is 0 Å². The second kappa shape index (κ2) is 4.55. The van der Waals surface area contributed by atoms with Gasteiger partial charge in [-0.25, -0.2) is 4.39 Å². The van der Waals surface area contributed by atoms with E-state index in [2.05, 4.69) is 12.2 Å². The Morgan fingerprint density at radius 2 is 2.24 bits per heavy atom. The molecule has 2 atom stereocenters. The Labute approximate surface area is 124 Å². The summed E-state index contributed by atoms with van der Waals surface area (Å²) in [7, 11) is 0. The molecular formula is C18H18FNO. The van der Waals surface area contributed by atoms with Gasteiger partial charge in [-0.2, -0.15) is 0 Å². The topological polar surface area (TPSA) is 20.3 Å². The summed E-state index contributed by atoms with van der Waals surface area (Å²) in [5, 5.41) is 0. The molecule has 0 bridgehead atoms. The predicted molar refractivity (Wildman–Crippen MR) is 79.4 cm³/mol. The van der Waals surface area contributed by atoms with Crippen molar-refractivity contribution < 1.29 is 9.18 Å². The normalized spacial score (nSPS) is 29.9. The summed E-state index contributed by atoms with van der Waals surface area (Å²) in [6.45, 7) is 1.43. The van der Waals surface area contributed by atoms with Crippen molar-refractivity contribution in [3.63, 3.8) is 0 Å². The highest BCUT2D eigenvalue weighted by Crippen LogP contribution is 2.47. The smallest absolute Gasteiger partial charge is 0.235 e. The average molecular weight is 283 g/mol. The van der Waals surface area contributed by atoms with E-state index in [0.717, 1.165) is 31.4 Å². The van der Waals surface area contributed by atoms with Gasteiger partial charge in [-0.3, -0.25) is 4.79 Å². The number of allylic oxidation sites excluding steroid dienone is 3. The van der Waals surface area contributed by atoms with E-state index in [4.69, 9.17) is 0 Å². The number of amides is 1. The molecule has 0 saturated carbocycles. The second-order valence-corrected chi connectivity index (χ2v) is 6.35. The number of halogens is 1. The Kier molecular flexibility index (Phi) is 2.78. The summed E-state index contributed by atoms with van der Waals surface area (Å²) in [6, 6.07) is 5.18. The Morgan fingerprint density at radius 3 is 3.00 bits per heavy atom. The zero-order chi connectivity index (χ0) is 14.4. The summed E-state index contributed by atoms with van der Waals surface area (Å²) in [6.07, 6.45) is 10.9. The largest absolute Gasteiger partial charge is 0.340 e. The number of carbonyl (C=O) groups is 1. The van der Waals surface area contributed by atoms with Crippen LogP contribution in [0.1, 0.15) is 24.0 Å². The van der Waals surface area contributed by atoms with Crippen LogP contribution in [0.4, 0.5) is 4.39 Å². The standard InChI is InChI=1S/C18H18FNO/c19-15-8-4-7-14-9-10-18(16(14)15)12-20(17(18)21)11-13-5-2-1-3-6-13/h1-5,7-8,13H,6,9-12H2. The van der Waals surface area contributed by atoms with Crippen molar-refractivity contribution in [1.29, 1.82) is 0 Å². The average Bonchev–Trinajstić information content (AvgIpc) is 2.91. The molecule has 108 valence electrons. The number of benzene rings is 1. The first-order valence-electron chi connectivity index (χ1n) is 7.61. The highest BCUT2D eigenvalue weighted by Gasteiger charge is 2.57. The molecule has 0 radical (unpaired) electrons. The number of hydrogen-bond donors (Lipinski definition) is 0. The van der Waals surface area contributed by atoms with E-state index in [1.54, 1.807) is 6.07 Å². The lowest BCUT2D eigenvalue weighted by molar-refractivity contribution is -0.152. The Hall–Kier alpha value is -1.90. The van der Waals surface area contributed by atoms with Crippen LogP contribution in [0.3, 0.4) is 0 Å². The third kappa shape index (κ3) is 1.80. The van der Waals surface area contributed by atoms with Crippen molar-refractivity contribution in [2.24, 2.45) is 5.92 Å². The number of likely N-dealkylation sites (tertiary alicyclic amines) is 1. The van der Waals surface area contributed by atoms with E-state index < -0.39 is 5.41 Å². The third-order valence-electron chi connectivity index (χ3n) is 5.08. The van der Waals surface area contributed by atoms with Crippen LogP contribution in [0, 0.1) is 11.7 Å². The molecule has 3 aliphatic rings. The number of β-lactam (4-membered cyclic amide) rings is 1. The molecule has 2 aliphatic carbocycles. The van der Waals surface area contributed by atoms with Gasteiger partial charge in [0.15, 0.2) is 0 Å². The summed E-state index contributed by atoms with van der Waals surface area (Å²) in [4.78, 5) is 14.6. The van der Waals surface area contributed by atoms with Crippen molar-refractivity contribution in [2.75, 3.05) is 13.1 Å². The van der Waals surface area contributed by atoms with Gasteiger partial charge in [0.2, 0.25) is 5.91 Å². The third-order valence-corrected chi connectivity index (χ3v) is 5.08. The summed E-state index contributed by atoms with van der Waals surface area (Å²) in [5.41, 5.74) is 1.13. The Bertz CT molecular complexity index is 663. The van der Waals surface area contributed by atoms with Crippen molar-refractivity contribution in [1.82, 2.24) is 4.90 Å². The molecule has 2 unspecified atom stereocenters. The first kappa shape index (κ1) is 12.8. The van der Waals surface area contributed by atoms with Gasteiger partial charge in [0, 0.05) is 18.7 Å². The summed E-state index contributed by atoms with van der Waals surface area (Å²) >= 11 is 0. The van der Waals surface area contributed by atoms with Gasteiger partial charge in [0.25, 0.3) is 0 Å². The first-order valence-corrected chi connectivity index (χ1v) is 7.61. The number of nitrogens with zero attached hydrogens (tertiary/aromatic N) is 1. The quantitative estimate of drug-likeness (QED) is 0.764. The Morgan fingerprint density at radius 1 is 1.33 bits per heavy atom. The molecule has 3 heteroatoms. The molecule has 0 aromatic heterocycles. The van der Waals surface area contributed by atoms with Crippen LogP contribution in [-0.2, 0) is 16.6 Å². The SMILES string of the molecule is O=C1N(CC2C=CC=CC2)CC12CCc1cccc(F)c12. The molecule has 4 rings (SSSR count). The molecule has 1 aromatic carbocycles. The minimum atomic E-state index is -0.561. The van der Waals surface area contributed by atoms with E-state index in [1.807, 2.05) is 23.1 Å². The maximum absolute atomic E-state index is 14.2. The van der Waals surface area contributed by atoms with Gasteiger partial charge in [0.1, 0.15) is 5.82 Å². The van der Waals surface area contributed by atoms with E-state index in [-0.39, 0.29) is 11.7 Å². The second-order valence-electron chi connectivity index (χ2n) is 6.35. The maximum atomic E-state index is 14.2. The predicted octanol–water partition coefficient (Wildman–Crippen LogP) is 2.98. The van der Waals surface area contributed by atoms with Gasteiger partial charge in [-0.15, -0.1) is 0 Å². The fourth-order valence-electron chi connectivity index (χ4n) is 4.03. The first-order chi connectivity index (χ1) is 10.2. The summed E-state index contributed by atoms with van der Waals surface area (Å²) < 4.78 is 14.2. The highest BCUT2D eigenvalue weighted by atomic mass is 19.1. The minimum Gasteiger partial charge on any atom is -0.340 e. The molecule has 0 N–H and O–H groups in total. The minimum absolute atomic E-state index is 0.120. The number of carbonyl (C=O) groups excluding carboxylic acids is 1. The van der Waals surface area contributed by atoms with Crippen molar-refractivity contribution in [3.8, 4) is 0 Å². The van der Waals surface area contributed by atoms with Crippen LogP contribution >= 0.6 is 0 Å². The monoisotopic (exact) mass is 283 g/mol. The molecule has 1 fully saturated rings. The fourth-order valence-corrected chi connectivity index (χ4v) is 4.03. The number of rotatable bonds is 2. The molecular weight excluding hydrogens is 265 g/mol. The fraction of sp³-hybridized carbons (Fsp3) is 0.389. The lowest BCUT2D eigenvalue weighted by atomic mass is 9.73. The van der Waals surface area contributed by atoms with Gasteiger partial charge in [-0.05, 0) is 36.8 Å². The van der Waals surface area contributed by atoms with Crippen LogP contribution in [-0.4, -0.2) is 23.9 Å². The van der Waals surface area contributed by atoms with Crippen LogP contribution in [0.25, 0.3) is 0 Å². The van der Waals surface area contributed by atoms with E-state index in [1.165, 1.54) is 6.07 Å². The van der Waals surface area contributed by atoms with Crippen LogP contribution in [0.15, 0.2) is 42.5 Å². The lowest BCUT2D eigenvalue weighted by Gasteiger charge is -2.48. The van der Waals surface area contributed by atoms with E-state index in [0.29, 0.717) is 18.0 Å². The Balaban J connectivity index is 1.55. The molecule has 1 saturated heterocycles. The van der Waals surface area contributed by atoms with Crippen LogP contribution < -0.4 is 0 Å². The maximum Gasteiger partial charge on any atom is 0.235 e. The van der Waals surface area contributed by atoms with Crippen LogP contribution in [0.5, 0.6) is 0 Å². The van der Waals surface area contributed by atoms with E-state index >= 15 is 0 Å². The molecule has 1 aliphatic heterocycles. The van der Waals surface area contributed by atoms with E-state index in [9.17, 15) is 9.18 Å². The molecule has 1 aromatic rings. The van der Waals surface area contributed by atoms with Crippen LogP contribution in [0.2, 0.25) is 0 Å². The van der Waals surface area contributed by atoms with Gasteiger partial charge in [0.05, 0.1) is 5.41 Å². The lowest BCUT2D eigenvalue weighted by Crippen LogP contribution is -2.64. The van der Waals surface area contributed by atoms with Crippen molar-refractivity contribution in [3.05, 3.63) is 59.4 Å². The zero-order valence-electron chi connectivity index (χ0n) is 11.9. The molecule has 1 amide bonds. The van der Waals surface area contributed by atoms with Crippen molar-refractivity contribution >= 4 is 5.91 Å². The molecule has 1 heterocycles. The number of hydrogen-bond acceptors (Lipinski definition) is 1. The highest BCUT2D eigenvalue weighted by molar-refractivity contribution is 5.95. The van der Waals surface area contributed by atoms with Gasteiger partial charge in [-0.1, -0.05) is 36.4 Å². The molecule has 21 heavy (non-hydrogen) atoms. The molecule has 1 spiro atoms. The van der Waals surface area contributed by atoms with Crippen molar-refractivity contribution in [2.45, 2.75) is 24.7 Å². The number of aryl methyl sites for hydroxylation is 1. The number of fused-ring (bicyclic) bond motifs is 2. The van der Waals surface area contributed by atoms with Gasteiger partial charge < -0.3 is 4.90 Å². The summed E-state index contributed by atoms with van der Waals surface area (Å²) in [5.74, 6) is 0.311. The molecule has 2 nitrogen and oxygen atoms in total.